The van der Waals surface area contributed by atoms with E-state index in [-0.39, 0.29) is 25.7 Å². The molecule has 0 amide bonds. The predicted octanol–water partition coefficient (Wildman–Crippen LogP) is 22.5. The van der Waals surface area contributed by atoms with Gasteiger partial charge in [0.1, 0.15) is 19.3 Å². The zero-order valence-corrected chi connectivity index (χ0v) is 63.6. The molecule has 19 heteroatoms. The molecule has 0 aliphatic rings. The van der Waals surface area contributed by atoms with Crippen molar-refractivity contribution in [1.82, 2.24) is 0 Å². The number of carbonyl (C=O) groups is 4. The van der Waals surface area contributed by atoms with Crippen LogP contribution in [0.3, 0.4) is 0 Å². The number of phosphoric acid groups is 2. The van der Waals surface area contributed by atoms with E-state index < -0.39 is 97.5 Å². The van der Waals surface area contributed by atoms with Crippen molar-refractivity contribution in [2.45, 2.75) is 419 Å². The number of aliphatic hydroxyl groups excluding tert-OH is 1. The van der Waals surface area contributed by atoms with Gasteiger partial charge in [0.15, 0.2) is 12.2 Å². The predicted molar refractivity (Wildman–Crippen MR) is 386 cm³/mol. The summed E-state index contributed by atoms with van der Waals surface area (Å²) in [6, 6.07) is 0. The van der Waals surface area contributed by atoms with Gasteiger partial charge in [0.05, 0.1) is 26.4 Å². The zero-order valence-electron chi connectivity index (χ0n) is 61.8. The first-order valence-corrected chi connectivity index (χ1v) is 42.6. The Morgan fingerprint density at radius 1 is 0.284 bits per heavy atom. The number of unbranched alkanes of at least 4 members (excludes halogenated alkanes) is 48. The van der Waals surface area contributed by atoms with E-state index in [4.69, 9.17) is 37.0 Å². The van der Waals surface area contributed by atoms with Crippen molar-refractivity contribution in [2.75, 3.05) is 39.6 Å². The third kappa shape index (κ3) is 70.3. The maximum atomic E-state index is 13.1. The average Bonchev–Trinajstić information content (AvgIpc) is 1.62. The molecule has 0 rings (SSSR count). The van der Waals surface area contributed by atoms with Gasteiger partial charge in [-0.15, -0.1) is 0 Å². The monoisotopic (exact) mass is 1400 g/mol. The molecule has 0 aliphatic heterocycles. The van der Waals surface area contributed by atoms with Crippen LogP contribution in [0.5, 0.6) is 0 Å². The Balaban J connectivity index is 5.18. The van der Waals surface area contributed by atoms with Crippen molar-refractivity contribution in [3.05, 3.63) is 0 Å². The summed E-state index contributed by atoms with van der Waals surface area (Å²) in [5.41, 5.74) is 0. The number of hydrogen-bond acceptors (Lipinski definition) is 15. The molecule has 0 aromatic carbocycles. The van der Waals surface area contributed by atoms with Crippen molar-refractivity contribution in [3.8, 4) is 0 Å². The summed E-state index contributed by atoms with van der Waals surface area (Å²) in [6.45, 7) is 7.28. The molecule has 2 unspecified atom stereocenters. The second-order valence-electron chi connectivity index (χ2n) is 27.9. The first-order valence-electron chi connectivity index (χ1n) is 39.6. The van der Waals surface area contributed by atoms with Crippen LogP contribution >= 0.6 is 15.6 Å². The summed E-state index contributed by atoms with van der Waals surface area (Å²) in [4.78, 5) is 72.7. The Bertz CT molecular complexity index is 1820. The lowest BCUT2D eigenvalue weighted by Crippen LogP contribution is -2.30. The van der Waals surface area contributed by atoms with Crippen LogP contribution in [0.15, 0.2) is 0 Å². The smallest absolute Gasteiger partial charge is 0.462 e. The molecule has 95 heavy (non-hydrogen) atoms. The maximum Gasteiger partial charge on any atom is 0.472 e. The van der Waals surface area contributed by atoms with E-state index in [0.717, 1.165) is 109 Å². The molecule has 0 aromatic rings. The maximum absolute atomic E-state index is 13.1. The molecule has 0 saturated carbocycles. The Labute approximate surface area is 581 Å². The molecule has 0 heterocycles. The van der Waals surface area contributed by atoms with Gasteiger partial charge in [-0.1, -0.05) is 349 Å². The summed E-state index contributed by atoms with van der Waals surface area (Å²) < 4.78 is 68.4. The van der Waals surface area contributed by atoms with Gasteiger partial charge in [-0.05, 0) is 31.6 Å². The number of phosphoric ester groups is 2. The quantitative estimate of drug-likeness (QED) is 0.0222. The molecule has 3 N–H and O–H groups in total. The average molecular weight is 1400 g/mol. The molecule has 17 nitrogen and oxygen atoms in total. The van der Waals surface area contributed by atoms with Crippen LogP contribution in [-0.2, 0) is 65.4 Å². The molecule has 0 saturated heterocycles. The largest absolute Gasteiger partial charge is 0.472 e. The van der Waals surface area contributed by atoms with Crippen LogP contribution in [0, 0.1) is 5.92 Å². The highest BCUT2D eigenvalue weighted by Crippen LogP contribution is 2.45. The van der Waals surface area contributed by atoms with Crippen LogP contribution in [0.1, 0.15) is 401 Å². The van der Waals surface area contributed by atoms with Crippen molar-refractivity contribution in [2.24, 2.45) is 5.92 Å². The molecule has 0 fully saturated rings. The second-order valence-corrected chi connectivity index (χ2v) is 30.8. The lowest BCUT2D eigenvalue weighted by atomic mass is 10.0. The van der Waals surface area contributed by atoms with Crippen molar-refractivity contribution >= 4 is 39.5 Å². The van der Waals surface area contributed by atoms with Gasteiger partial charge in [-0.2, -0.15) is 0 Å². The van der Waals surface area contributed by atoms with E-state index in [1.165, 1.54) is 212 Å². The molecule has 0 spiro atoms. The fraction of sp³-hybridized carbons (Fsp3) is 0.947. The Kier molecular flexibility index (Phi) is 67.7. The number of aliphatic hydroxyl groups is 1. The number of hydrogen-bond donors (Lipinski definition) is 3. The van der Waals surface area contributed by atoms with Gasteiger partial charge in [0.25, 0.3) is 0 Å². The fourth-order valence-electron chi connectivity index (χ4n) is 11.7. The van der Waals surface area contributed by atoms with E-state index in [1.54, 1.807) is 0 Å². The molecule has 0 aromatic heterocycles. The molecule has 5 atom stereocenters. The summed E-state index contributed by atoms with van der Waals surface area (Å²) >= 11 is 0. The minimum absolute atomic E-state index is 0.107. The SMILES string of the molecule is CCCCCCCCCCCCCCCCCCCC(=O)OC[C@H](COP(=O)(O)OC[C@@H](O)COP(=O)(O)OC[C@@H](COC(=O)CCCCCCCCC)OC(=O)CCCCCCCCCCCCCC)OC(=O)CCCCCCCCCCCCCCCCCCC(C)C. The van der Waals surface area contributed by atoms with Gasteiger partial charge in [-0.25, -0.2) is 9.13 Å². The lowest BCUT2D eigenvalue weighted by Gasteiger charge is -2.21. The number of esters is 4. The minimum atomic E-state index is -4.96. The molecule has 0 bridgehead atoms. The molecule has 0 aliphatic carbocycles. The number of carbonyl (C=O) groups excluding carboxylic acids is 4. The molecular formula is C76H148O17P2. The Morgan fingerprint density at radius 2 is 0.484 bits per heavy atom. The van der Waals surface area contributed by atoms with Gasteiger partial charge >= 0.3 is 39.5 Å². The normalized spacial score (nSPS) is 13.9. The van der Waals surface area contributed by atoms with Crippen molar-refractivity contribution in [3.63, 3.8) is 0 Å². The van der Waals surface area contributed by atoms with Gasteiger partial charge in [0, 0.05) is 25.7 Å². The minimum Gasteiger partial charge on any atom is -0.462 e. The van der Waals surface area contributed by atoms with E-state index >= 15 is 0 Å². The van der Waals surface area contributed by atoms with E-state index in [2.05, 4.69) is 34.6 Å². The summed E-state index contributed by atoms with van der Waals surface area (Å²) in [5, 5.41) is 10.6. The first kappa shape index (κ1) is 93.1. The molecule has 564 valence electrons. The highest BCUT2D eigenvalue weighted by Gasteiger charge is 2.30. The Hall–Kier alpha value is -1.94. The van der Waals surface area contributed by atoms with Crippen LogP contribution in [0.25, 0.3) is 0 Å². The van der Waals surface area contributed by atoms with Gasteiger partial charge in [-0.3, -0.25) is 37.3 Å². The second kappa shape index (κ2) is 69.2. The Morgan fingerprint density at radius 3 is 0.716 bits per heavy atom. The van der Waals surface area contributed by atoms with Crippen LogP contribution in [-0.4, -0.2) is 96.7 Å². The molecular weight excluding hydrogens is 1250 g/mol. The topological polar surface area (TPSA) is 237 Å². The third-order valence-corrected chi connectivity index (χ3v) is 19.7. The standard InChI is InChI=1S/C76H148O17P2/c1-6-9-12-15-18-20-22-24-25-26-30-33-37-40-45-50-55-60-74(79)87-66-72(93-76(81)62-57-52-47-42-38-34-31-28-27-29-32-35-39-44-48-53-58-69(4)5)68-91-95(84,85)89-64-70(77)63-88-94(82,83)90-67-71(65-86-73(78)59-54-49-43-17-14-11-8-3)92-75(80)61-56-51-46-41-36-23-21-19-16-13-10-7-2/h69-72,77H,6-68H2,1-5H3,(H,82,83)(H,84,85)/t70-,71+,72+/m0/s1. The number of rotatable bonds is 76. The van der Waals surface area contributed by atoms with Crippen LogP contribution < -0.4 is 0 Å². The summed E-state index contributed by atoms with van der Waals surface area (Å²) in [6.07, 6.45) is 58.4. The third-order valence-electron chi connectivity index (χ3n) is 17.8. The summed E-state index contributed by atoms with van der Waals surface area (Å²) in [7, 11) is -9.90. The highest BCUT2D eigenvalue weighted by atomic mass is 31.2. The first-order chi connectivity index (χ1) is 46.0. The van der Waals surface area contributed by atoms with Crippen molar-refractivity contribution in [1.29, 1.82) is 0 Å². The van der Waals surface area contributed by atoms with E-state index in [1.807, 2.05) is 0 Å². The van der Waals surface area contributed by atoms with E-state index in [9.17, 15) is 43.2 Å². The zero-order chi connectivity index (χ0) is 69.8. The van der Waals surface area contributed by atoms with Gasteiger partial charge < -0.3 is 33.8 Å². The van der Waals surface area contributed by atoms with Gasteiger partial charge in [0.2, 0.25) is 0 Å². The van der Waals surface area contributed by atoms with Crippen LogP contribution in [0.4, 0.5) is 0 Å². The molecule has 0 radical (unpaired) electrons. The highest BCUT2D eigenvalue weighted by molar-refractivity contribution is 7.47. The summed E-state index contributed by atoms with van der Waals surface area (Å²) in [5.74, 6) is -1.31. The number of ether oxygens (including phenoxy) is 4. The fourth-order valence-corrected chi connectivity index (χ4v) is 13.3. The lowest BCUT2D eigenvalue weighted by molar-refractivity contribution is -0.161. The van der Waals surface area contributed by atoms with E-state index in [0.29, 0.717) is 25.7 Å². The van der Waals surface area contributed by atoms with Crippen molar-refractivity contribution < 1.29 is 80.2 Å². The van der Waals surface area contributed by atoms with Crippen LogP contribution in [0.2, 0.25) is 0 Å².